The highest BCUT2D eigenvalue weighted by Crippen LogP contribution is 2.28. The van der Waals surface area contributed by atoms with Crippen molar-refractivity contribution in [3.05, 3.63) is 11.8 Å². The molecule has 0 atom stereocenters. The number of hydrogen-bond acceptors (Lipinski definition) is 6. The Balaban J connectivity index is 2.41. The van der Waals surface area contributed by atoms with Crippen molar-refractivity contribution in [2.24, 2.45) is 23.7 Å². The first kappa shape index (κ1) is 58.5. The molecule has 62 heavy (non-hydrogen) atoms. The minimum atomic E-state index is 0.00535. The summed E-state index contributed by atoms with van der Waals surface area (Å²) in [6.45, 7) is 15.8. The van der Waals surface area contributed by atoms with E-state index >= 15 is 0 Å². The molecule has 366 valence electrons. The van der Waals surface area contributed by atoms with Crippen molar-refractivity contribution in [3.63, 3.8) is 0 Å². The first-order valence-electron chi connectivity index (χ1n) is 27.6. The molecule has 0 bridgehead atoms. The molecule has 0 unspecified atom stereocenters. The van der Waals surface area contributed by atoms with E-state index in [4.69, 9.17) is 14.2 Å². The molecular weight excluding hydrogens is 767 g/mol. The molecule has 0 radical (unpaired) electrons. The van der Waals surface area contributed by atoms with Crippen LogP contribution in [0.25, 0.3) is 0 Å². The van der Waals surface area contributed by atoms with Gasteiger partial charge in [-0.15, -0.1) is 0 Å². The molecule has 1 fully saturated rings. The van der Waals surface area contributed by atoms with E-state index in [1.54, 1.807) is 0 Å². The van der Waals surface area contributed by atoms with Gasteiger partial charge in [-0.1, -0.05) is 195 Å². The number of carbonyl (C=O) groups excluding carboxylic acids is 2. The average Bonchev–Trinajstić information content (AvgIpc) is 3.27. The number of likely N-dealkylation sites (tertiary alicyclic amines) is 1. The van der Waals surface area contributed by atoms with Crippen LogP contribution >= 0.6 is 0 Å². The SMILES string of the molecule is CC=C(CC(CCCCCCCC(=O)OCCC(CCCCC)CCCCC)CCCCCCCC(=O)OCCC(CCCCC)CCCCC)OCCCC1CCN(C)CC1. The maximum absolute atomic E-state index is 12.5. The van der Waals surface area contributed by atoms with E-state index in [0.717, 1.165) is 63.9 Å². The molecule has 1 saturated heterocycles. The monoisotopic (exact) mass is 874 g/mol. The second-order valence-corrected chi connectivity index (χ2v) is 19.9. The van der Waals surface area contributed by atoms with Gasteiger partial charge in [-0.2, -0.15) is 0 Å². The summed E-state index contributed by atoms with van der Waals surface area (Å²) in [5.41, 5.74) is 0. The Labute approximate surface area is 387 Å². The molecule has 0 amide bonds. The van der Waals surface area contributed by atoms with Gasteiger partial charge in [0.05, 0.1) is 25.6 Å². The Kier molecular flexibility index (Phi) is 40.9. The third kappa shape index (κ3) is 35.7. The van der Waals surface area contributed by atoms with Crippen molar-refractivity contribution < 1.29 is 23.8 Å². The van der Waals surface area contributed by atoms with Crippen LogP contribution in [0.1, 0.15) is 272 Å². The van der Waals surface area contributed by atoms with Crippen LogP contribution in [-0.4, -0.2) is 56.8 Å². The molecule has 1 heterocycles. The third-order valence-corrected chi connectivity index (χ3v) is 14.1. The lowest BCUT2D eigenvalue weighted by molar-refractivity contribution is -0.145. The van der Waals surface area contributed by atoms with Crippen molar-refractivity contribution in [1.29, 1.82) is 0 Å². The number of esters is 2. The van der Waals surface area contributed by atoms with Gasteiger partial charge in [-0.05, 0) is 108 Å². The average molecular weight is 874 g/mol. The van der Waals surface area contributed by atoms with Gasteiger partial charge in [-0.25, -0.2) is 0 Å². The zero-order valence-corrected chi connectivity index (χ0v) is 42.6. The molecule has 0 aliphatic carbocycles. The lowest BCUT2D eigenvalue weighted by Gasteiger charge is -2.28. The van der Waals surface area contributed by atoms with E-state index in [1.165, 1.54) is 192 Å². The molecule has 1 aliphatic rings. The molecule has 1 aliphatic heterocycles. The van der Waals surface area contributed by atoms with Crippen LogP contribution < -0.4 is 0 Å². The Morgan fingerprint density at radius 3 is 1.29 bits per heavy atom. The number of allylic oxidation sites excluding steroid dienone is 2. The van der Waals surface area contributed by atoms with Crippen LogP contribution in [0.5, 0.6) is 0 Å². The highest BCUT2D eigenvalue weighted by Gasteiger charge is 2.18. The fraction of sp³-hybridized carbons (Fsp3) is 0.929. The van der Waals surface area contributed by atoms with Crippen molar-refractivity contribution in [1.82, 2.24) is 4.90 Å². The Morgan fingerprint density at radius 1 is 0.484 bits per heavy atom. The largest absolute Gasteiger partial charge is 0.498 e. The highest BCUT2D eigenvalue weighted by atomic mass is 16.5. The summed E-state index contributed by atoms with van der Waals surface area (Å²) in [6, 6.07) is 0. The van der Waals surface area contributed by atoms with E-state index < -0.39 is 0 Å². The van der Waals surface area contributed by atoms with E-state index in [2.05, 4.69) is 52.6 Å². The van der Waals surface area contributed by atoms with Crippen molar-refractivity contribution in [2.75, 3.05) is 40.0 Å². The topological polar surface area (TPSA) is 65.1 Å². The van der Waals surface area contributed by atoms with Crippen molar-refractivity contribution in [2.45, 2.75) is 272 Å². The predicted octanol–water partition coefficient (Wildman–Crippen LogP) is 16.9. The third-order valence-electron chi connectivity index (χ3n) is 14.1. The zero-order valence-electron chi connectivity index (χ0n) is 42.6. The number of hydrogen-bond donors (Lipinski definition) is 0. The zero-order chi connectivity index (χ0) is 45.1. The van der Waals surface area contributed by atoms with E-state index in [0.29, 0.717) is 43.8 Å². The smallest absolute Gasteiger partial charge is 0.305 e. The summed E-state index contributed by atoms with van der Waals surface area (Å²) in [6.07, 6.45) is 46.3. The van der Waals surface area contributed by atoms with Crippen molar-refractivity contribution >= 4 is 11.9 Å². The maximum Gasteiger partial charge on any atom is 0.305 e. The first-order chi connectivity index (χ1) is 30.3. The minimum absolute atomic E-state index is 0.00535. The lowest BCUT2D eigenvalue weighted by Crippen LogP contribution is -2.30. The molecular formula is C56H107NO5. The Hall–Kier alpha value is -1.56. The fourth-order valence-electron chi connectivity index (χ4n) is 9.71. The summed E-state index contributed by atoms with van der Waals surface area (Å²) < 4.78 is 17.8. The fourth-order valence-corrected chi connectivity index (χ4v) is 9.71. The van der Waals surface area contributed by atoms with Gasteiger partial charge >= 0.3 is 11.9 Å². The summed E-state index contributed by atoms with van der Waals surface area (Å²) >= 11 is 0. The Morgan fingerprint density at radius 2 is 0.871 bits per heavy atom. The van der Waals surface area contributed by atoms with E-state index in [-0.39, 0.29) is 11.9 Å². The normalized spacial score (nSPS) is 14.1. The van der Waals surface area contributed by atoms with Crippen molar-refractivity contribution in [3.8, 4) is 0 Å². The summed E-state index contributed by atoms with van der Waals surface area (Å²) in [4.78, 5) is 27.5. The van der Waals surface area contributed by atoms with Gasteiger partial charge in [0.2, 0.25) is 0 Å². The second-order valence-electron chi connectivity index (χ2n) is 19.9. The van der Waals surface area contributed by atoms with Crippen LogP contribution in [0.2, 0.25) is 0 Å². The van der Waals surface area contributed by atoms with Crippen LogP contribution in [0.4, 0.5) is 0 Å². The molecule has 0 saturated carbocycles. The van der Waals surface area contributed by atoms with E-state index in [9.17, 15) is 9.59 Å². The molecule has 6 heteroatoms. The molecule has 0 spiro atoms. The quantitative estimate of drug-likeness (QED) is 0.0345. The number of ether oxygens (including phenoxy) is 3. The number of piperidine rings is 1. The predicted molar refractivity (Wildman–Crippen MR) is 267 cm³/mol. The summed E-state index contributed by atoms with van der Waals surface area (Å²) in [5, 5.41) is 0. The van der Waals surface area contributed by atoms with Gasteiger partial charge < -0.3 is 19.1 Å². The summed E-state index contributed by atoms with van der Waals surface area (Å²) in [7, 11) is 2.24. The Bertz CT molecular complexity index is 946. The molecule has 0 N–H and O–H groups in total. The maximum atomic E-state index is 12.5. The lowest BCUT2D eigenvalue weighted by atomic mass is 9.90. The molecule has 6 nitrogen and oxygen atoms in total. The van der Waals surface area contributed by atoms with Crippen LogP contribution in [0.3, 0.4) is 0 Å². The molecule has 0 aromatic carbocycles. The van der Waals surface area contributed by atoms with Gasteiger partial charge in [0, 0.05) is 19.3 Å². The van der Waals surface area contributed by atoms with Crippen LogP contribution in [-0.2, 0) is 23.8 Å². The van der Waals surface area contributed by atoms with Crippen LogP contribution in [0.15, 0.2) is 11.8 Å². The number of nitrogens with zero attached hydrogens (tertiary/aromatic N) is 1. The highest BCUT2D eigenvalue weighted by molar-refractivity contribution is 5.69. The number of unbranched alkanes of at least 4 members (excludes halogenated alkanes) is 16. The molecule has 0 aromatic heterocycles. The van der Waals surface area contributed by atoms with Gasteiger partial charge in [0.15, 0.2) is 0 Å². The molecule has 1 rings (SSSR count). The number of rotatable bonds is 45. The standard InChI is InChI=1S/C56H107NO5/c1-7-12-22-31-50(32-23-13-8-2)42-47-61-55(58)38-28-20-16-18-26-35-53(49-54(11-5)60-46-30-37-52-40-44-57(6)45-41-52)36-27-19-17-21-29-39-56(59)62-48-43-51(33-24-14-9-3)34-25-15-10-4/h11,50-53H,7-10,12-49H2,1-6H3. The van der Waals surface area contributed by atoms with Gasteiger partial charge in [-0.3, -0.25) is 9.59 Å². The first-order valence-corrected chi connectivity index (χ1v) is 27.6. The van der Waals surface area contributed by atoms with E-state index in [1.807, 2.05) is 0 Å². The van der Waals surface area contributed by atoms with Crippen LogP contribution in [0, 0.1) is 23.7 Å². The van der Waals surface area contributed by atoms with Gasteiger partial charge in [0.1, 0.15) is 0 Å². The minimum Gasteiger partial charge on any atom is -0.498 e. The molecule has 0 aromatic rings. The van der Waals surface area contributed by atoms with Gasteiger partial charge in [0.25, 0.3) is 0 Å². The second kappa shape index (κ2) is 43.3. The summed E-state index contributed by atoms with van der Waals surface area (Å²) in [5.74, 6) is 4.15. The number of carbonyl (C=O) groups is 2.